The molecule has 2 unspecified atom stereocenters. The Kier molecular flexibility index (Phi) is 3.41. The van der Waals surface area contributed by atoms with Gasteiger partial charge in [-0.25, -0.2) is 0 Å². The van der Waals surface area contributed by atoms with Crippen molar-refractivity contribution in [3.05, 3.63) is 36.1 Å². The second-order valence-electron chi connectivity index (χ2n) is 5.61. The number of carboxylic acids is 1. The fourth-order valence-corrected chi connectivity index (χ4v) is 2.94. The minimum Gasteiger partial charge on any atom is -0.481 e. The summed E-state index contributed by atoms with van der Waals surface area (Å²) < 4.78 is 5.59. The number of furan rings is 1. The number of fused-ring (bicyclic) bond motifs is 1. The first-order valence-corrected chi connectivity index (χ1v) is 7.07. The van der Waals surface area contributed by atoms with E-state index in [1.165, 1.54) is 0 Å². The Hall–Kier alpha value is -2.30. The number of likely N-dealkylation sites (tertiary alicyclic amines) is 1. The van der Waals surface area contributed by atoms with Crippen LogP contribution in [-0.2, 0) is 4.79 Å². The van der Waals surface area contributed by atoms with Gasteiger partial charge in [0.05, 0.1) is 5.92 Å². The number of carbonyl (C=O) groups excluding carboxylic acids is 1. The van der Waals surface area contributed by atoms with Crippen LogP contribution in [0.25, 0.3) is 11.0 Å². The summed E-state index contributed by atoms with van der Waals surface area (Å²) in [5, 5.41) is 10.0. The summed E-state index contributed by atoms with van der Waals surface area (Å²) in [5.74, 6) is -1.05. The van der Waals surface area contributed by atoms with Gasteiger partial charge >= 0.3 is 5.97 Å². The SMILES string of the molecule is CC1CN(C(=O)c2cc3ccccc3o2)CCC1C(=O)O. The maximum atomic E-state index is 12.5. The molecular weight excluding hydrogens is 270 g/mol. The van der Waals surface area contributed by atoms with Crippen LogP contribution in [0.5, 0.6) is 0 Å². The number of amides is 1. The van der Waals surface area contributed by atoms with Crippen molar-refractivity contribution < 1.29 is 19.1 Å². The molecule has 0 bridgehead atoms. The maximum Gasteiger partial charge on any atom is 0.306 e. The average molecular weight is 287 g/mol. The van der Waals surface area contributed by atoms with E-state index in [1.54, 1.807) is 11.0 Å². The monoisotopic (exact) mass is 287 g/mol. The summed E-state index contributed by atoms with van der Waals surface area (Å²) in [6.45, 7) is 2.78. The van der Waals surface area contributed by atoms with E-state index in [0.717, 1.165) is 5.39 Å². The molecule has 21 heavy (non-hydrogen) atoms. The fraction of sp³-hybridized carbons (Fsp3) is 0.375. The molecule has 3 rings (SSSR count). The van der Waals surface area contributed by atoms with Crippen molar-refractivity contribution in [1.82, 2.24) is 4.90 Å². The van der Waals surface area contributed by atoms with E-state index in [-0.39, 0.29) is 17.7 Å². The highest BCUT2D eigenvalue weighted by Crippen LogP contribution is 2.26. The zero-order valence-corrected chi connectivity index (χ0v) is 11.8. The number of piperidine rings is 1. The third kappa shape index (κ3) is 2.51. The molecule has 1 aliphatic rings. The molecule has 1 N–H and O–H groups in total. The highest BCUT2D eigenvalue weighted by atomic mass is 16.4. The van der Waals surface area contributed by atoms with Gasteiger partial charge in [-0.15, -0.1) is 0 Å². The van der Waals surface area contributed by atoms with Crippen molar-refractivity contribution in [3.8, 4) is 0 Å². The van der Waals surface area contributed by atoms with E-state index in [1.807, 2.05) is 31.2 Å². The van der Waals surface area contributed by atoms with Crippen LogP contribution < -0.4 is 0 Å². The molecule has 110 valence electrons. The molecular formula is C16H17NO4. The van der Waals surface area contributed by atoms with E-state index < -0.39 is 5.97 Å². The van der Waals surface area contributed by atoms with Gasteiger partial charge in [0.1, 0.15) is 5.58 Å². The van der Waals surface area contributed by atoms with Gasteiger partial charge in [-0.2, -0.15) is 0 Å². The molecule has 1 aromatic carbocycles. The van der Waals surface area contributed by atoms with E-state index in [9.17, 15) is 9.59 Å². The van der Waals surface area contributed by atoms with Gasteiger partial charge in [0.25, 0.3) is 5.91 Å². The molecule has 0 spiro atoms. The minimum absolute atomic E-state index is 0.0513. The summed E-state index contributed by atoms with van der Waals surface area (Å²) in [4.78, 5) is 25.3. The molecule has 0 radical (unpaired) electrons. The molecule has 0 saturated carbocycles. The second-order valence-corrected chi connectivity index (χ2v) is 5.61. The minimum atomic E-state index is -0.779. The number of para-hydroxylation sites is 1. The lowest BCUT2D eigenvalue weighted by atomic mass is 9.87. The smallest absolute Gasteiger partial charge is 0.306 e. The van der Waals surface area contributed by atoms with E-state index in [4.69, 9.17) is 9.52 Å². The van der Waals surface area contributed by atoms with Gasteiger partial charge in [0, 0.05) is 18.5 Å². The normalized spacial score (nSPS) is 22.4. The van der Waals surface area contributed by atoms with E-state index >= 15 is 0 Å². The van der Waals surface area contributed by atoms with Gasteiger partial charge in [-0.3, -0.25) is 9.59 Å². The van der Waals surface area contributed by atoms with Crippen molar-refractivity contribution in [1.29, 1.82) is 0 Å². The van der Waals surface area contributed by atoms with Crippen LogP contribution in [0.1, 0.15) is 23.9 Å². The topological polar surface area (TPSA) is 70.8 Å². The zero-order valence-electron chi connectivity index (χ0n) is 11.8. The second kappa shape index (κ2) is 5.24. The van der Waals surface area contributed by atoms with Crippen molar-refractivity contribution in [2.24, 2.45) is 11.8 Å². The van der Waals surface area contributed by atoms with Crippen molar-refractivity contribution in [3.63, 3.8) is 0 Å². The number of hydrogen-bond acceptors (Lipinski definition) is 3. The van der Waals surface area contributed by atoms with Gasteiger partial charge in [0.15, 0.2) is 5.76 Å². The van der Waals surface area contributed by atoms with Crippen molar-refractivity contribution in [2.45, 2.75) is 13.3 Å². The Balaban J connectivity index is 1.78. The number of benzene rings is 1. The molecule has 1 aliphatic heterocycles. The molecule has 5 nitrogen and oxygen atoms in total. The largest absolute Gasteiger partial charge is 0.481 e. The summed E-state index contributed by atoms with van der Waals surface area (Å²) >= 11 is 0. The predicted octanol–water partition coefficient (Wildman–Crippen LogP) is 2.62. The lowest BCUT2D eigenvalue weighted by Gasteiger charge is -2.34. The molecule has 0 aliphatic carbocycles. The number of aliphatic carboxylic acids is 1. The molecule has 5 heteroatoms. The quantitative estimate of drug-likeness (QED) is 0.921. The Labute approximate surface area is 122 Å². The van der Waals surface area contributed by atoms with E-state index in [2.05, 4.69) is 0 Å². The van der Waals surface area contributed by atoms with Crippen LogP contribution >= 0.6 is 0 Å². The highest BCUT2D eigenvalue weighted by molar-refractivity contribution is 5.96. The van der Waals surface area contributed by atoms with E-state index in [0.29, 0.717) is 30.9 Å². The van der Waals surface area contributed by atoms with Gasteiger partial charge < -0.3 is 14.4 Å². The molecule has 1 aromatic heterocycles. The summed E-state index contributed by atoms with van der Waals surface area (Å²) in [6, 6.07) is 9.22. The number of carbonyl (C=O) groups is 2. The summed E-state index contributed by atoms with van der Waals surface area (Å²) in [6.07, 6.45) is 0.489. The molecule has 1 fully saturated rings. The number of hydrogen-bond donors (Lipinski definition) is 1. The first kappa shape index (κ1) is 13.7. The van der Waals surface area contributed by atoms with Crippen LogP contribution in [-0.4, -0.2) is 35.0 Å². The van der Waals surface area contributed by atoms with Crippen LogP contribution in [0.4, 0.5) is 0 Å². The van der Waals surface area contributed by atoms with Crippen molar-refractivity contribution in [2.75, 3.05) is 13.1 Å². The summed E-state index contributed by atoms with van der Waals surface area (Å²) in [7, 11) is 0. The van der Waals surface area contributed by atoms with Crippen molar-refractivity contribution >= 4 is 22.8 Å². The van der Waals surface area contributed by atoms with Crippen LogP contribution in [0, 0.1) is 11.8 Å². The fourth-order valence-electron chi connectivity index (χ4n) is 2.94. The molecule has 1 amide bonds. The van der Waals surface area contributed by atoms with Crippen LogP contribution in [0.15, 0.2) is 34.7 Å². The molecule has 2 atom stereocenters. The standard InChI is InChI=1S/C16H17NO4/c1-10-9-17(7-6-12(10)16(19)20)15(18)14-8-11-4-2-3-5-13(11)21-14/h2-5,8,10,12H,6-7,9H2,1H3,(H,19,20). The number of nitrogens with zero attached hydrogens (tertiary/aromatic N) is 1. The highest BCUT2D eigenvalue weighted by Gasteiger charge is 2.34. The Morgan fingerprint density at radius 2 is 2.10 bits per heavy atom. The lowest BCUT2D eigenvalue weighted by molar-refractivity contribution is -0.145. The Morgan fingerprint density at radius 3 is 2.76 bits per heavy atom. The third-order valence-electron chi connectivity index (χ3n) is 4.15. The van der Waals surface area contributed by atoms with Gasteiger partial charge in [-0.1, -0.05) is 25.1 Å². The Bertz CT molecular complexity index is 657. The lowest BCUT2D eigenvalue weighted by Crippen LogP contribution is -2.44. The first-order chi connectivity index (χ1) is 10.1. The molecule has 1 saturated heterocycles. The summed E-state index contributed by atoms with van der Waals surface area (Å²) in [5.41, 5.74) is 0.689. The first-order valence-electron chi connectivity index (χ1n) is 7.07. The van der Waals surface area contributed by atoms with Crippen LogP contribution in [0.2, 0.25) is 0 Å². The predicted molar refractivity (Wildman–Crippen MR) is 77.0 cm³/mol. The third-order valence-corrected chi connectivity index (χ3v) is 4.15. The Morgan fingerprint density at radius 1 is 1.33 bits per heavy atom. The average Bonchev–Trinajstić information content (AvgIpc) is 2.89. The molecule has 2 aromatic rings. The van der Waals surface area contributed by atoms with Gasteiger partial charge in [0.2, 0.25) is 0 Å². The number of rotatable bonds is 2. The molecule has 2 heterocycles. The zero-order chi connectivity index (χ0) is 15.0. The van der Waals surface area contributed by atoms with Gasteiger partial charge in [-0.05, 0) is 24.5 Å². The van der Waals surface area contributed by atoms with Crippen LogP contribution in [0.3, 0.4) is 0 Å². The maximum absolute atomic E-state index is 12.5. The number of carboxylic acid groups (broad SMARTS) is 1.